The molecule has 3 heteroatoms. The van der Waals surface area contributed by atoms with Crippen molar-refractivity contribution >= 4 is 17.0 Å². The van der Waals surface area contributed by atoms with Crippen LogP contribution in [0.4, 0.5) is 5.95 Å². The number of fused-ring (bicyclic) bond motifs is 1. The second kappa shape index (κ2) is 3.76. The molecule has 1 aromatic carbocycles. The number of anilines is 1. The number of imidazole rings is 1. The lowest BCUT2D eigenvalue weighted by Crippen LogP contribution is -2.14. The largest absolute Gasteiger partial charge is 0.369 e. The molecule has 2 atom stereocenters. The van der Waals surface area contributed by atoms with Crippen LogP contribution in [0.25, 0.3) is 11.0 Å². The number of hydrogen-bond acceptors (Lipinski definition) is 2. The molecule has 90 valence electrons. The molecule has 1 aromatic heterocycles. The van der Waals surface area contributed by atoms with Gasteiger partial charge in [0.2, 0.25) is 5.95 Å². The van der Waals surface area contributed by atoms with Crippen LogP contribution in [-0.2, 0) is 0 Å². The standard InChI is InChI=1S/C14H19N3/c1-9-5-4-8-12(9)17-13-10(2)6-3-7-11(13)16-14(17)15/h3,6-7,9,12H,4-5,8H2,1-2H3,(H2,15,16). The van der Waals surface area contributed by atoms with Crippen LogP contribution < -0.4 is 5.73 Å². The van der Waals surface area contributed by atoms with Crippen molar-refractivity contribution in [1.29, 1.82) is 0 Å². The van der Waals surface area contributed by atoms with Crippen LogP contribution >= 0.6 is 0 Å². The number of para-hydroxylation sites is 1. The molecule has 1 aliphatic carbocycles. The van der Waals surface area contributed by atoms with Gasteiger partial charge in [-0.05, 0) is 37.3 Å². The Morgan fingerprint density at radius 3 is 2.88 bits per heavy atom. The highest BCUT2D eigenvalue weighted by Gasteiger charge is 2.28. The Bertz CT molecular complexity index is 556. The van der Waals surface area contributed by atoms with E-state index in [1.807, 2.05) is 6.07 Å². The fraction of sp³-hybridized carbons (Fsp3) is 0.500. The van der Waals surface area contributed by atoms with E-state index in [1.54, 1.807) is 0 Å². The summed E-state index contributed by atoms with van der Waals surface area (Å²) in [4.78, 5) is 4.49. The maximum atomic E-state index is 6.12. The predicted molar refractivity (Wildman–Crippen MR) is 70.9 cm³/mol. The van der Waals surface area contributed by atoms with Crippen molar-refractivity contribution in [2.75, 3.05) is 5.73 Å². The molecule has 2 unspecified atom stereocenters. The number of nitrogens with two attached hydrogens (primary N) is 1. The van der Waals surface area contributed by atoms with Crippen molar-refractivity contribution in [3.63, 3.8) is 0 Å². The lowest BCUT2D eigenvalue weighted by atomic mass is 10.1. The van der Waals surface area contributed by atoms with Crippen LogP contribution in [0.5, 0.6) is 0 Å². The summed E-state index contributed by atoms with van der Waals surface area (Å²) in [6.07, 6.45) is 3.83. The van der Waals surface area contributed by atoms with E-state index >= 15 is 0 Å². The van der Waals surface area contributed by atoms with Crippen LogP contribution in [0.1, 0.15) is 37.8 Å². The number of hydrogen-bond donors (Lipinski definition) is 1. The summed E-state index contributed by atoms with van der Waals surface area (Å²) < 4.78 is 2.27. The van der Waals surface area contributed by atoms with Crippen LogP contribution in [0.3, 0.4) is 0 Å². The van der Waals surface area contributed by atoms with Crippen molar-refractivity contribution in [1.82, 2.24) is 9.55 Å². The minimum Gasteiger partial charge on any atom is -0.369 e. The van der Waals surface area contributed by atoms with Crippen LogP contribution in [0.2, 0.25) is 0 Å². The highest BCUT2D eigenvalue weighted by molar-refractivity contribution is 5.81. The second-order valence-corrected chi connectivity index (χ2v) is 5.26. The highest BCUT2D eigenvalue weighted by atomic mass is 15.2. The number of rotatable bonds is 1. The number of nitrogens with zero attached hydrogens (tertiary/aromatic N) is 2. The molecule has 1 aliphatic rings. The average molecular weight is 229 g/mol. The van der Waals surface area contributed by atoms with Gasteiger partial charge < -0.3 is 10.3 Å². The van der Waals surface area contributed by atoms with Gasteiger partial charge in [-0.3, -0.25) is 0 Å². The van der Waals surface area contributed by atoms with Gasteiger partial charge in [-0.2, -0.15) is 0 Å². The fourth-order valence-corrected chi connectivity index (χ4v) is 3.18. The van der Waals surface area contributed by atoms with E-state index in [0.29, 0.717) is 17.9 Å². The summed E-state index contributed by atoms with van der Waals surface area (Å²) in [6.45, 7) is 4.46. The first-order valence-corrected chi connectivity index (χ1v) is 6.41. The van der Waals surface area contributed by atoms with E-state index < -0.39 is 0 Å². The lowest BCUT2D eigenvalue weighted by molar-refractivity contribution is 0.421. The minimum atomic E-state index is 0.529. The number of aryl methyl sites for hydroxylation is 1. The van der Waals surface area contributed by atoms with E-state index in [4.69, 9.17) is 5.73 Å². The first-order chi connectivity index (χ1) is 8.18. The SMILES string of the molecule is Cc1cccc2nc(N)n(C3CCCC3C)c12. The van der Waals surface area contributed by atoms with Gasteiger partial charge in [-0.1, -0.05) is 25.5 Å². The quantitative estimate of drug-likeness (QED) is 0.815. The molecule has 0 amide bonds. The van der Waals surface area contributed by atoms with Gasteiger partial charge in [0.25, 0.3) is 0 Å². The average Bonchev–Trinajstić information content (AvgIpc) is 2.82. The fourth-order valence-electron chi connectivity index (χ4n) is 3.18. The molecule has 2 aromatic rings. The minimum absolute atomic E-state index is 0.529. The molecular weight excluding hydrogens is 210 g/mol. The summed E-state index contributed by atoms with van der Waals surface area (Å²) in [5.74, 6) is 1.38. The molecule has 0 spiro atoms. The van der Waals surface area contributed by atoms with Crippen LogP contribution in [0.15, 0.2) is 18.2 Å². The van der Waals surface area contributed by atoms with Crippen molar-refractivity contribution in [2.45, 2.75) is 39.2 Å². The normalized spacial score (nSPS) is 24.6. The van der Waals surface area contributed by atoms with Gasteiger partial charge in [0, 0.05) is 6.04 Å². The van der Waals surface area contributed by atoms with E-state index in [-0.39, 0.29) is 0 Å². The van der Waals surface area contributed by atoms with Gasteiger partial charge >= 0.3 is 0 Å². The third kappa shape index (κ3) is 1.53. The van der Waals surface area contributed by atoms with Crippen molar-refractivity contribution in [3.8, 4) is 0 Å². The van der Waals surface area contributed by atoms with Gasteiger partial charge in [0.15, 0.2) is 0 Å². The third-order valence-corrected chi connectivity index (χ3v) is 4.09. The monoisotopic (exact) mass is 229 g/mol. The Balaban J connectivity index is 2.24. The molecule has 17 heavy (non-hydrogen) atoms. The molecule has 1 heterocycles. The maximum Gasteiger partial charge on any atom is 0.201 e. The number of nitrogen functional groups attached to an aromatic ring is 1. The molecule has 2 N–H and O–H groups in total. The van der Waals surface area contributed by atoms with Crippen molar-refractivity contribution < 1.29 is 0 Å². The summed E-state index contributed by atoms with van der Waals surface area (Å²) >= 11 is 0. The van der Waals surface area contributed by atoms with Crippen LogP contribution in [-0.4, -0.2) is 9.55 Å². The Morgan fingerprint density at radius 1 is 1.35 bits per heavy atom. The summed E-state index contributed by atoms with van der Waals surface area (Å²) in [5.41, 5.74) is 9.64. The molecule has 0 bridgehead atoms. The van der Waals surface area contributed by atoms with E-state index in [1.165, 1.54) is 30.3 Å². The van der Waals surface area contributed by atoms with E-state index in [2.05, 4.69) is 35.5 Å². The van der Waals surface area contributed by atoms with Crippen molar-refractivity contribution in [2.24, 2.45) is 5.92 Å². The molecule has 3 nitrogen and oxygen atoms in total. The smallest absolute Gasteiger partial charge is 0.201 e. The summed E-state index contributed by atoms with van der Waals surface area (Å²) in [5, 5.41) is 0. The van der Waals surface area contributed by atoms with Crippen molar-refractivity contribution in [3.05, 3.63) is 23.8 Å². The maximum absolute atomic E-state index is 6.12. The Labute approximate surface area is 102 Å². The second-order valence-electron chi connectivity index (χ2n) is 5.26. The van der Waals surface area contributed by atoms with E-state index in [9.17, 15) is 0 Å². The molecule has 3 rings (SSSR count). The zero-order valence-corrected chi connectivity index (χ0v) is 10.5. The Morgan fingerprint density at radius 2 is 2.18 bits per heavy atom. The molecule has 0 radical (unpaired) electrons. The first kappa shape index (κ1) is 10.6. The highest BCUT2D eigenvalue weighted by Crippen LogP contribution is 2.39. The molecule has 0 saturated heterocycles. The van der Waals surface area contributed by atoms with E-state index in [0.717, 1.165) is 5.52 Å². The first-order valence-electron chi connectivity index (χ1n) is 6.41. The molecule has 0 aliphatic heterocycles. The molecule has 1 fully saturated rings. The lowest BCUT2D eigenvalue weighted by Gasteiger charge is -2.20. The topological polar surface area (TPSA) is 43.8 Å². The molecule has 1 saturated carbocycles. The van der Waals surface area contributed by atoms with Gasteiger partial charge in [0.05, 0.1) is 11.0 Å². The van der Waals surface area contributed by atoms with Crippen LogP contribution in [0, 0.1) is 12.8 Å². The number of aromatic nitrogens is 2. The molecular formula is C14H19N3. The third-order valence-electron chi connectivity index (χ3n) is 4.09. The zero-order valence-electron chi connectivity index (χ0n) is 10.5. The number of benzene rings is 1. The van der Waals surface area contributed by atoms with Gasteiger partial charge in [0.1, 0.15) is 0 Å². The zero-order chi connectivity index (χ0) is 12.0. The summed E-state index contributed by atoms with van der Waals surface area (Å²) in [6, 6.07) is 6.77. The Hall–Kier alpha value is -1.51. The van der Waals surface area contributed by atoms with Gasteiger partial charge in [-0.25, -0.2) is 4.98 Å². The predicted octanol–water partition coefficient (Wildman–Crippen LogP) is 3.29. The van der Waals surface area contributed by atoms with Gasteiger partial charge in [-0.15, -0.1) is 0 Å². The Kier molecular flexibility index (Phi) is 2.35. The summed E-state index contributed by atoms with van der Waals surface area (Å²) in [7, 11) is 0.